The van der Waals surface area contributed by atoms with E-state index in [0.29, 0.717) is 33.8 Å². The van der Waals surface area contributed by atoms with Crippen molar-refractivity contribution in [2.45, 2.75) is 25.5 Å². The first kappa shape index (κ1) is 24.1. The largest absolute Gasteiger partial charge is 0.503 e. The number of hydrogen-bond donors (Lipinski definition) is 1. The number of fused-ring (bicyclic) bond motifs is 1. The Morgan fingerprint density at radius 2 is 1.72 bits per heavy atom. The van der Waals surface area contributed by atoms with E-state index in [0.717, 1.165) is 6.42 Å². The molecule has 2 amide bonds. The van der Waals surface area contributed by atoms with Gasteiger partial charge < -0.3 is 14.6 Å². The highest BCUT2D eigenvalue weighted by atomic mass is 79.9. The minimum atomic E-state index is -1.00. The van der Waals surface area contributed by atoms with E-state index >= 15 is 0 Å². The van der Waals surface area contributed by atoms with E-state index in [2.05, 4.69) is 15.9 Å². The summed E-state index contributed by atoms with van der Waals surface area (Å²) in [5.74, 6) is -0.740. The number of carbonyl (C=O) groups is 2. The van der Waals surface area contributed by atoms with Crippen LogP contribution in [0.15, 0.2) is 71.2 Å². The Morgan fingerprint density at radius 3 is 2.39 bits per heavy atom. The highest BCUT2D eigenvalue weighted by Crippen LogP contribution is 2.49. The van der Waals surface area contributed by atoms with Crippen LogP contribution in [0.5, 0.6) is 17.2 Å². The second kappa shape index (κ2) is 9.83. The van der Waals surface area contributed by atoms with Crippen molar-refractivity contribution in [2.75, 3.05) is 23.7 Å². The predicted octanol–water partition coefficient (Wildman–Crippen LogP) is 5.00. The molecule has 2 aliphatic heterocycles. The van der Waals surface area contributed by atoms with Crippen LogP contribution in [0.3, 0.4) is 0 Å². The molecule has 2 aliphatic rings. The molecule has 0 radical (unpaired) electrons. The number of carbonyl (C=O) groups excluding carboxylic acids is 2. The van der Waals surface area contributed by atoms with Gasteiger partial charge in [-0.2, -0.15) is 0 Å². The second-order valence-electron chi connectivity index (χ2n) is 8.57. The van der Waals surface area contributed by atoms with Gasteiger partial charge in [0.15, 0.2) is 17.6 Å². The van der Waals surface area contributed by atoms with Crippen LogP contribution in [-0.4, -0.2) is 36.7 Å². The Kier molecular flexibility index (Phi) is 6.59. The van der Waals surface area contributed by atoms with Gasteiger partial charge in [0.05, 0.1) is 35.6 Å². The summed E-state index contributed by atoms with van der Waals surface area (Å²) in [5.41, 5.74) is 1.81. The summed E-state index contributed by atoms with van der Waals surface area (Å²) in [5, 5.41) is 11.9. The Morgan fingerprint density at radius 1 is 1.00 bits per heavy atom. The van der Waals surface area contributed by atoms with Crippen molar-refractivity contribution >= 4 is 39.1 Å². The predicted molar refractivity (Wildman–Crippen MR) is 137 cm³/mol. The Balaban J connectivity index is 1.54. The number of rotatable bonds is 7. The monoisotopic (exact) mass is 552 g/mol. The van der Waals surface area contributed by atoms with E-state index < -0.39 is 24.0 Å². The average Bonchev–Trinajstić information content (AvgIpc) is 3.41. The molecular formula is C27H25BrN2O6. The van der Waals surface area contributed by atoms with Crippen LogP contribution in [-0.2, 0) is 14.4 Å². The molecule has 3 aromatic rings. The number of amides is 2. The van der Waals surface area contributed by atoms with Crippen molar-refractivity contribution in [2.24, 2.45) is 5.92 Å². The summed E-state index contributed by atoms with van der Waals surface area (Å²) in [7, 11) is 1.45. The van der Waals surface area contributed by atoms with Gasteiger partial charge in [-0.05, 0) is 76.4 Å². The van der Waals surface area contributed by atoms with Crippen LogP contribution in [0, 0.1) is 5.92 Å². The Labute approximate surface area is 217 Å². The molecule has 3 aromatic carbocycles. The summed E-state index contributed by atoms with van der Waals surface area (Å²) in [4.78, 5) is 34.7. The number of aromatic hydroxyl groups is 1. The molecule has 8 nitrogen and oxygen atoms in total. The number of imide groups is 1. The van der Waals surface area contributed by atoms with Gasteiger partial charge in [-0.15, -0.1) is 0 Å². The summed E-state index contributed by atoms with van der Waals surface area (Å²) < 4.78 is 11.4. The molecule has 2 saturated heterocycles. The van der Waals surface area contributed by atoms with E-state index in [1.165, 1.54) is 12.0 Å². The molecule has 5 rings (SSSR count). The molecule has 9 heteroatoms. The molecule has 0 saturated carbocycles. The standard InChI is InChI=1S/C27H25BrN2O6/c1-3-13-35-19-11-9-17(10-12-19)29-26(32)22-23(16-14-20(28)24(31)21(15-16)34-2)30(36-25(22)27(29)33)18-7-5-4-6-8-18/h4-12,14-15,22-23,25,31H,3,13H2,1-2H3/t22-,23+,25+/m1/s1. The average molecular weight is 553 g/mol. The van der Waals surface area contributed by atoms with Gasteiger partial charge in [-0.1, -0.05) is 25.1 Å². The SMILES string of the molecule is CCCOc1ccc(N2C(=O)[C@H]3[C@H](ON(c4ccccc4)[C@H]3c3cc(Br)c(O)c(OC)c3)C2=O)cc1. The number of ether oxygens (including phenoxy) is 2. The first-order chi connectivity index (χ1) is 17.4. The van der Waals surface area contributed by atoms with Crippen LogP contribution >= 0.6 is 15.9 Å². The molecule has 0 aliphatic carbocycles. The molecule has 0 aromatic heterocycles. The number of benzene rings is 3. The van der Waals surface area contributed by atoms with Crippen molar-refractivity contribution in [3.05, 3.63) is 76.8 Å². The summed E-state index contributed by atoms with van der Waals surface area (Å²) in [6.45, 7) is 2.60. The van der Waals surface area contributed by atoms with Crippen LogP contribution in [0.2, 0.25) is 0 Å². The smallest absolute Gasteiger partial charge is 0.266 e. The van der Waals surface area contributed by atoms with E-state index in [1.54, 1.807) is 41.5 Å². The first-order valence-corrected chi connectivity index (χ1v) is 12.4. The molecule has 0 bridgehead atoms. The quantitative estimate of drug-likeness (QED) is 0.412. The molecule has 3 atom stereocenters. The third-order valence-corrected chi connectivity index (χ3v) is 6.91. The maximum atomic E-state index is 13.8. The summed E-state index contributed by atoms with van der Waals surface area (Å²) in [6, 6.07) is 18.9. The summed E-state index contributed by atoms with van der Waals surface area (Å²) in [6.07, 6.45) is -0.125. The number of anilines is 2. The third kappa shape index (κ3) is 4.08. The highest BCUT2D eigenvalue weighted by molar-refractivity contribution is 9.10. The maximum Gasteiger partial charge on any atom is 0.266 e. The molecule has 36 heavy (non-hydrogen) atoms. The van der Waals surface area contributed by atoms with Gasteiger partial charge in [0.2, 0.25) is 5.91 Å². The number of hydrogen-bond acceptors (Lipinski definition) is 7. The number of phenols is 1. The van der Waals surface area contributed by atoms with Gasteiger partial charge in [-0.25, -0.2) is 9.96 Å². The number of hydroxylamine groups is 1. The van der Waals surface area contributed by atoms with Gasteiger partial charge in [0.25, 0.3) is 5.91 Å². The van der Waals surface area contributed by atoms with E-state index in [1.807, 2.05) is 37.3 Å². The minimum Gasteiger partial charge on any atom is -0.503 e. The zero-order valence-electron chi connectivity index (χ0n) is 19.8. The van der Waals surface area contributed by atoms with Gasteiger partial charge in [0, 0.05) is 0 Å². The molecule has 2 heterocycles. The van der Waals surface area contributed by atoms with Crippen LogP contribution < -0.4 is 19.4 Å². The Bertz CT molecular complexity index is 1280. The lowest BCUT2D eigenvalue weighted by atomic mass is 9.90. The number of nitrogens with zero attached hydrogens (tertiary/aromatic N) is 2. The number of phenolic OH excluding ortho intramolecular Hbond substituents is 1. The van der Waals surface area contributed by atoms with E-state index in [9.17, 15) is 14.7 Å². The molecule has 0 spiro atoms. The zero-order chi connectivity index (χ0) is 25.4. The maximum absolute atomic E-state index is 13.8. The lowest BCUT2D eigenvalue weighted by Crippen LogP contribution is -2.37. The van der Waals surface area contributed by atoms with Gasteiger partial charge >= 0.3 is 0 Å². The zero-order valence-corrected chi connectivity index (χ0v) is 21.3. The number of para-hydroxylation sites is 1. The van der Waals surface area contributed by atoms with Crippen LogP contribution in [0.25, 0.3) is 0 Å². The topological polar surface area (TPSA) is 88.5 Å². The molecule has 0 unspecified atom stereocenters. The molecular weight excluding hydrogens is 528 g/mol. The van der Waals surface area contributed by atoms with Crippen molar-refractivity contribution < 1.29 is 29.0 Å². The number of halogens is 1. The lowest BCUT2D eigenvalue weighted by Gasteiger charge is -2.29. The summed E-state index contributed by atoms with van der Waals surface area (Å²) >= 11 is 3.37. The van der Waals surface area contributed by atoms with Crippen LogP contribution in [0.4, 0.5) is 11.4 Å². The highest BCUT2D eigenvalue weighted by Gasteiger charge is 2.60. The van der Waals surface area contributed by atoms with Crippen molar-refractivity contribution in [3.63, 3.8) is 0 Å². The van der Waals surface area contributed by atoms with Crippen molar-refractivity contribution in [1.82, 2.24) is 0 Å². The van der Waals surface area contributed by atoms with E-state index in [-0.39, 0.29) is 17.4 Å². The third-order valence-electron chi connectivity index (χ3n) is 6.31. The fraction of sp³-hybridized carbons (Fsp3) is 0.259. The van der Waals surface area contributed by atoms with Gasteiger partial charge in [-0.3, -0.25) is 14.4 Å². The van der Waals surface area contributed by atoms with Crippen LogP contribution in [0.1, 0.15) is 24.9 Å². The van der Waals surface area contributed by atoms with E-state index in [4.69, 9.17) is 14.3 Å². The Hall–Kier alpha value is -3.56. The lowest BCUT2D eigenvalue weighted by molar-refractivity contribution is -0.126. The fourth-order valence-electron chi connectivity index (χ4n) is 4.64. The molecule has 2 fully saturated rings. The number of methoxy groups -OCH3 is 1. The minimum absolute atomic E-state index is 0.0520. The second-order valence-corrected chi connectivity index (χ2v) is 9.42. The molecule has 1 N–H and O–H groups in total. The first-order valence-electron chi connectivity index (χ1n) is 11.6. The van der Waals surface area contributed by atoms with Crippen molar-refractivity contribution in [3.8, 4) is 17.2 Å². The normalized spacial score (nSPS) is 21.1. The van der Waals surface area contributed by atoms with Gasteiger partial charge in [0.1, 0.15) is 11.7 Å². The van der Waals surface area contributed by atoms with Crippen molar-refractivity contribution in [1.29, 1.82) is 0 Å². The fourth-order valence-corrected chi connectivity index (χ4v) is 5.10. The molecule has 186 valence electrons.